The van der Waals surface area contributed by atoms with Crippen LogP contribution >= 0.6 is 0 Å². The van der Waals surface area contributed by atoms with Crippen LogP contribution < -0.4 is 0 Å². The molecule has 94 valence electrons. The summed E-state index contributed by atoms with van der Waals surface area (Å²) < 4.78 is 3.46. The van der Waals surface area contributed by atoms with E-state index in [0.717, 1.165) is 17.8 Å². The fourth-order valence-electron chi connectivity index (χ4n) is 1.71. The SMILES string of the molecule is CCn1cc(C(=O)C=Cc2cnn(C)c2)c(C)n1. The first-order chi connectivity index (χ1) is 8.60. The van der Waals surface area contributed by atoms with Crippen LogP contribution in [0.3, 0.4) is 0 Å². The van der Waals surface area contributed by atoms with Crippen molar-refractivity contribution in [3.63, 3.8) is 0 Å². The zero-order valence-corrected chi connectivity index (χ0v) is 10.8. The fraction of sp³-hybridized carbons (Fsp3) is 0.308. The highest BCUT2D eigenvalue weighted by Gasteiger charge is 2.10. The van der Waals surface area contributed by atoms with Crippen molar-refractivity contribution in [1.82, 2.24) is 19.6 Å². The molecule has 0 aliphatic heterocycles. The second-order valence-corrected chi connectivity index (χ2v) is 4.13. The summed E-state index contributed by atoms with van der Waals surface area (Å²) >= 11 is 0. The number of carbonyl (C=O) groups excluding carboxylic acids is 1. The minimum absolute atomic E-state index is 0.0314. The van der Waals surface area contributed by atoms with Gasteiger partial charge in [0.25, 0.3) is 0 Å². The second-order valence-electron chi connectivity index (χ2n) is 4.13. The van der Waals surface area contributed by atoms with Gasteiger partial charge in [-0.25, -0.2) is 0 Å². The van der Waals surface area contributed by atoms with Crippen molar-refractivity contribution >= 4 is 11.9 Å². The summed E-state index contributed by atoms with van der Waals surface area (Å²) in [5.41, 5.74) is 2.32. The van der Waals surface area contributed by atoms with Crippen molar-refractivity contribution < 1.29 is 4.79 Å². The molecule has 0 radical (unpaired) electrons. The van der Waals surface area contributed by atoms with Gasteiger partial charge < -0.3 is 0 Å². The average Bonchev–Trinajstić information content (AvgIpc) is 2.92. The highest BCUT2D eigenvalue weighted by molar-refractivity contribution is 6.07. The smallest absolute Gasteiger partial charge is 0.189 e. The fourth-order valence-corrected chi connectivity index (χ4v) is 1.71. The van der Waals surface area contributed by atoms with Crippen LogP contribution in [0.5, 0.6) is 0 Å². The molecule has 0 N–H and O–H groups in total. The van der Waals surface area contributed by atoms with E-state index in [1.54, 1.807) is 33.9 Å². The van der Waals surface area contributed by atoms with Crippen LogP contribution in [0.4, 0.5) is 0 Å². The number of ketones is 1. The number of aryl methyl sites for hydroxylation is 3. The number of hydrogen-bond acceptors (Lipinski definition) is 3. The lowest BCUT2D eigenvalue weighted by molar-refractivity contribution is 0.104. The molecule has 0 atom stereocenters. The van der Waals surface area contributed by atoms with Crippen molar-refractivity contribution in [1.29, 1.82) is 0 Å². The first-order valence-corrected chi connectivity index (χ1v) is 5.85. The Bertz CT molecular complexity index is 592. The normalized spacial score (nSPS) is 11.3. The van der Waals surface area contributed by atoms with Crippen molar-refractivity contribution in [2.24, 2.45) is 7.05 Å². The van der Waals surface area contributed by atoms with Gasteiger partial charge in [-0.3, -0.25) is 14.2 Å². The van der Waals surface area contributed by atoms with Crippen molar-refractivity contribution in [3.8, 4) is 0 Å². The Labute approximate surface area is 106 Å². The molecule has 18 heavy (non-hydrogen) atoms. The second kappa shape index (κ2) is 5.00. The molecule has 2 rings (SSSR count). The molecular weight excluding hydrogens is 228 g/mol. The van der Waals surface area contributed by atoms with E-state index < -0.39 is 0 Å². The number of carbonyl (C=O) groups is 1. The monoisotopic (exact) mass is 244 g/mol. The van der Waals surface area contributed by atoms with Crippen LogP contribution in [0.1, 0.15) is 28.5 Å². The standard InChI is InChI=1S/C13H16N4O/c1-4-17-9-12(10(2)15-17)13(18)6-5-11-7-14-16(3)8-11/h5-9H,4H2,1-3H3. The lowest BCUT2D eigenvalue weighted by Gasteiger charge is -1.90. The molecule has 2 heterocycles. The Morgan fingerprint density at radius 1 is 1.44 bits per heavy atom. The van der Waals surface area contributed by atoms with E-state index in [4.69, 9.17) is 0 Å². The van der Waals surface area contributed by atoms with Crippen LogP contribution in [0.25, 0.3) is 6.08 Å². The molecule has 0 bridgehead atoms. The van der Waals surface area contributed by atoms with Gasteiger partial charge in [-0.1, -0.05) is 0 Å². The summed E-state index contributed by atoms with van der Waals surface area (Å²) in [5, 5.41) is 8.29. The third-order valence-corrected chi connectivity index (χ3v) is 2.69. The van der Waals surface area contributed by atoms with Crippen molar-refractivity contribution in [2.45, 2.75) is 20.4 Å². The van der Waals surface area contributed by atoms with Crippen LogP contribution in [0.15, 0.2) is 24.7 Å². The maximum Gasteiger partial charge on any atom is 0.189 e. The number of allylic oxidation sites excluding steroid dienone is 1. The van der Waals surface area contributed by atoms with E-state index in [0.29, 0.717) is 5.56 Å². The average molecular weight is 244 g/mol. The Morgan fingerprint density at radius 2 is 2.22 bits per heavy atom. The van der Waals surface area contributed by atoms with Gasteiger partial charge in [0.1, 0.15) is 0 Å². The molecule has 2 aromatic heterocycles. The molecule has 0 saturated heterocycles. The predicted octanol–water partition coefficient (Wildman–Crippen LogP) is 1.84. The van der Waals surface area contributed by atoms with Crippen LogP contribution in [0.2, 0.25) is 0 Å². The van der Waals surface area contributed by atoms with Crippen molar-refractivity contribution in [2.75, 3.05) is 0 Å². The maximum absolute atomic E-state index is 12.0. The van der Waals surface area contributed by atoms with Gasteiger partial charge in [0.15, 0.2) is 5.78 Å². The van der Waals surface area contributed by atoms with Crippen LogP contribution in [-0.2, 0) is 13.6 Å². The van der Waals surface area contributed by atoms with Crippen LogP contribution in [0, 0.1) is 6.92 Å². The zero-order valence-electron chi connectivity index (χ0n) is 10.8. The summed E-state index contributed by atoms with van der Waals surface area (Å²) in [6, 6.07) is 0. The van der Waals surface area contributed by atoms with Gasteiger partial charge in [-0.15, -0.1) is 0 Å². The summed E-state index contributed by atoms with van der Waals surface area (Å²) in [4.78, 5) is 12.0. The third-order valence-electron chi connectivity index (χ3n) is 2.69. The largest absolute Gasteiger partial charge is 0.289 e. The summed E-state index contributed by atoms with van der Waals surface area (Å²) in [5.74, 6) is -0.0314. The minimum atomic E-state index is -0.0314. The molecule has 0 saturated carbocycles. The lowest BCUT2D eigenvalue weighted by atomic mass is 10.1. The molecule has 0 fully saturated rings. The summed E-state index contributed by atoms with van der Waals surface area (Å²) in [7, 11) is 1.84. The molecule has 5 heteroatoms. The number of nitrogens with zero attached hydrogens (tertiary/aromatic N) is 4. The number of aromatic nitrogens is 4. The molecule has 0 unspecified atom stereocenters. The van der Waals surface area contributed by atoms with E-state index in [1.165, 1.54) is 0 Å². The predicted molar refractivity (Wildman–Crippen MR) is 69.2 cm³/mol. The Hall–Kier alpha value is -2.17. The van der Waals surface area contributed by atoms with Gasteiger partial charge in [0.05, 0.1) is 17.5 Å². The minimum Gasteiger partial charge on any atom is -0.289 e. The zero-order chi connectivity index (χ0) is 13.1. The van der Waals surface area contributed by atoms with Gasteiger partial charge in [-0.2, -0.15) is 10.2 Å². The quantitative estimate of drug-likeness (QED) is 0.609. The number of hydrogen-bond donors (Lipinski definition) is 0. The van der Waals surface area contributed by atoms with Gasteiger partial charge >= 0.3 is 0 Å². The van der Waals surface area contributed by atoms with Crippen LogP contribution in [-0.4, -0.2) is 25.3 Å². The molecule has 0 aliphatic rings. The maximum atomic E-state index is 12.0. The third kappa shape index (κ3) is 2.56. The van der Waals surface area contributed by atoms with E-state index in [1.807, 2.05) is 27.1 Å². The Morgan fingerprint density at radius 3 is 2.78 bits per heavy atom. The first-order valence-electron chi connectivity index (χ1n) is 5.85. The molecule has 5 nitrogen and oxygen atoms in total. The highest BCUT2D eigenvalue weighted by Crippen LogP contribution is 2.09. The number of rotatable bonds is 4. The van der Waals surface area contributed by atoms with E-state index in [-0.39, 0.29) is 5.78 Å². The molecule has 2 aromatic rings. The molecule has 0 spiro atoms. The Kier molecular flexibility index (Phi) is 3.41. The van der Waals surface area contributed by atoms with Crippen molar-refractivity contribution in [3.05, 3.63) is 41.5 Å². The molecule has 0 amide bonds. The summed E-state index contributed by atoms with van der Waals surface area (Å²) in [6.45, 7) is 4.60. The first kappa shape index (κ1) is 12.3. The molecule has 0 aromatic carbocycles. The molecular formula is C13H16N4O. The summed E-state index contributed by atoms with van der Waals surface area (Å²) in [6.07, 6.45) is 8.67. The Balaban J connectivity index is 2.16. The van der Waals surface area contributed by atoms with Gasteiger partial charge in [-0.05, 0) is 26.0 Å². The van der Waals surface area contributed by atoms with E-state index in [9.17, 15) is 4.79 Å². The van der Waals surface area contributed by atoms with E-state index in [2.05, 4.69) is 10.2 Å². The van der Waals surface area contributed by atoms with Gasteiger partial charge in [0.2, 0.25) is 0 Å². The van der Waals surface area contributed by atoms with Gasteiger partial charge in [0, 0.05) is 31.5 Å². The van der Waals surface area contributed by atoms with E-state index >= 15 is 0 Å². The molecule has 0 aliphatic carbocycles. The topological polar surface area (TPSA) is 52.7 Å². The lowest BCUT2D eigenvalue weighted by Crippen LogP contribution is -1.94. The highest BCUT2D eigenvalue weighted by atomic mass is 16.1.